The average Bonchev–Trinajstić information content (AvgIpc) is 3.07. The van der Waals surface area contributed by atoms with Gasteiger partial charge in [0.05, 0.1) is 12.5 Å². The number of halogens is 5. The highest BCUT2D eigenvalue weighted by atomic mass is 79.9. The summed E-state index contributed by atoms with van der Waals surface area (Å²) in [5.74, 6) is -7.04. The van der Waals surface area contributed by atoms with Crippen LogP contribution in [0, 0.1) is 11.6 Å². The molecular formula is C15H12BrF4N5. The van der Waals surface area contributed by atoms with Crippen molar-refractivity contribution in [3.05, 3.63) is 63.9 Å². The lowest BCUT2D eigenvalue weighted by molar-refractivity contribution is -0.0467. The molecule has 25 heavy (non-hydrogen) atoms. The molecule has 1 unspecified atom stereocenters. The van der Waals surface area contributed by atoms with Gasteiger partial charge in [-0.25, -0.2) is 14.3 Å². The normalized spacial score (nSPS) is 15.3. The number of alkyl halides is 2. The fraction of sp³-hybridized carbons (Fsp3) is 0.200. The summed E-state index contributed by atoms with van der Waals surface area (Å²) in [6, 6.07) is 5.12. The highest BCUT2D eigenvalue weighted by molar-refractivity contribution is 9.10. The molecule has 132 valence electrons. The maximum atomic E-state index is 15.1. The van der Waals surface area contributed by atoms with Crippen molar-refractivity contribution in [1.82, 2.24) is 21.1 Å². The second-order valence-electron chi connectivity index (χ2n) is 5.32. The molecule has 0 amide bonds. The van der Waals surface area contributed by atoms with Crippen LogP contribution in [0.2, 0.25) is 0 Å². The van der Waals surface area contributed by atoms with Gasteiger partial charge in [0.2, 0.25) is 0 Å². The molecule has 0 saturated carbocycles. The van der Waals surface area contributed by atoms with Gasteiger partial charge >= 0.3 is 0 Å². The Hall–Kier alpha value is -2.20. The number of rotatable bonds is 5. The summed E-state index contributed by atoms with van der Waals surface area (Å²) >= 11 is 3.13. The lowest BCUT2D eigenvalue weighted by atomic mass is 9.89. The molecule has 2 heterocycles. The smallest absolute Gasteiger partial charge is 0.277 e. The summed E-state index contributed by atoms with van der Waals surface area (Å²) < 4.78 is 58.1. The van der Waals surface area contributed by atoms with Crippen LogP contribution in [0.3, 0.4) is 0 Å². The van der Waals surface area contributed by atoms with E-state index in [2.05, 4.69) is 37.1 Å². The van der Waals surface area contributed by atoms with E-state index in [1.54, 1.807) is 0 Å². The third kappa shape index (κ3) is 3.74. The van der Waals surface area contributed by atoms with Gasteiger partial charge in [-0.1, -0.05) is 6.07 Å². The van der Waals surface area contributed by atoms with Crippen LogP contribution in [0.5, 0.6) is 0 Å². The van der Waals surface area contributed by atoms with Gasteiger partial charge in [-0.3, -0.25) is 9.99 Å². The number of aromatic nitrogens is 1. The third-order valence-corrected chi connectivity index (χ3v) is 4.15. The van der Waals surface area contributed by atoms with E-state index in [0.29, 0.717) is 10.5 Å². The molecule has 0 spiro atoms. The van der Waals surface area contributed by atoms with Gasteiger partial charge in [-0.2, -0.15) is 13.9 Å². The Labute approximate surface area is 148 Å². The lowest BCUT2D eigenvalue weighted by Crippen LogP contribution is -2.43. The molecule has 2 N–H and O–H groups in total. The predicted octanol–water partition coefficient (Wildman–Crippen LogP) is 3.27. The first kappa shape index (κ1) is 17.6. The van der Waals surface area contributed by atoms with Crippen molar-refractivity contribution in [2.45, 2.75) is 11.8 Å². The van der Waals surface area contributed by atoms with Crippen LogP contribution in [-0.2, 0) is 5.92 Å². The summed E-state index contributed by atoms with van der Waals surface area (Å²) in [4.78, 5) is 3.74. The molecule has 1 aliphatic rings. The van der Waals surface area contributed by atoms with Crippen molar-refractivity contribution >= 4 is 22.3 Å². The highest BCUT2D eigenvalue weighted by Crippen LogP contribution is 2.42. The zero-order chi connectivity index (χ0) is 18.0. The standard InChI is InChI=1S/C15H12BrF4N5/c16-9-1-4-14(21-6-9)15(19,20)12(7-25-8-22-23-24-25)11-3-2-10(17)5-13(11)18/h1-6,8,12,23-24H,7H2. The minimum atomic E-state index is -3.52. The number of hydrogen-bond acceptors (Lipinski definition) is 5. The van der Waals surface area contributed by atoms with Gasteiger partial charge in [0.25, 0.3) is 5.92 Å². The maximum Gasteiger partial charge on any atom is 0.298 e. The van der Waals surface area contributed by atoms with Crippen LogP contribution in [0.1, 0.15) is 17.2 Å². The van der Waals surface area contributed by atoms with Gasteiger partial charge in [-0.15, -0.1) is 5.53 Å². The zero-order valence-corrected chi connectivity index (χ0v) is 14.1. The maximum absolute atomic E-state index is 15.1. The SMILES string of the molecule is Fc1ccc(C(CN2C=NNN2)C(F)(F)c2ccc(Br)cn2)c(F)c1. The topological polar surface area (TPSA) is 52.5 Å². The molecule has 0 fully saturated rings. The van der Waals surface area contributed by atoms with Crippen LogP contribution >= 0.6 is 15.9 Å². The molecule has 2 aromatic rings. The molecule has 0 saturated heterocycles. The molecule has 1 aromatic carbocycles. The van der Waals surface area contributed by atoms with Gasteiger partial charge < -0.3 is 0 Å². The number of nitrogens with zero attached hydrogens (tertiary/aromatic N) is 3. The first-order chi connectivity index (χ1) is 11.9. The van der Waals surface area contributed by atoms with Gasteiger partial charge in [0, 0.05) is 16.7 Å². The summed E-state index contributed by atoms with van der Waals surface area (Å²) in [7, 11) is 0. The Morgan fingerprint density at radius 3 is 2.60 bits per heavy atom. The van der Waals surface area contributed by atoms with Crippen LogP contribution in [-0.4, -0.2) is 22.9 Å². The highest BCUT2D eigenvalue weighted by Gasteiger charge is 2.45. The van der Waals surface area contributed by atoms with Crippen molar-refractivity contribution in [2.24, 2.45) is 5.10 Å². The molecule has 1 atom stereocenters. The van der Waals surface area contributed by atoms with E-state index >= 15 is 8.78 Å². The number of hydrogen-bond donors (Lipinski definition) is 2. The van der Waals surface area contributed by atoms with Crippen LogP contribution < -0.4 is 11.1 Å². The number of pyridine rings is 1. The largest absolute Gasteiger partial charge is 0.298 e. The van der Waals surface area contributed by atoms with E-state index < -0.39 is 29.2 Å². The van der Waals surface area contributed by atoms with Gasteiger partial charge in [0.1, 0.15) is 23.7 Å². The Morgan fingerprint density at radius 1 is 1.20 bits per heavy atom. The predicted molar refractivity (Wildman–Crippen MR) is 86.4 cm³/mol. The molecule has 1 aromatic heterocycles. The Kier molecular flexibility index (Phi) is 4.91. The molecule has 3 rings (SSSR count). The molecule has 0 bridgehead atoms. The van der Waals surface area contributed by atoms with Crippen LogP contribution in [0.25, 0.3) is 0 Å². The fourth-order valence-electron chi connectivity index (χ4n) is 2.45. The Balaban J connectivity index is 2.02. The minimum Gasteiger partial charge on any atom is -0.277 e. The van der Waals surface area contributed by atoms with E-state index in [0.717, 1.165) is 18.2 Å². The molecule has 1 aliphatic heterocycles. The first-order valence-corrected chi connectivity index (χ1v) is 7.92. The third-order valence-electron chi connectivity index (χ3n) is 3.68. The van der Waals surface area contributed by atoms with Crippen molar-refractivity contribution in [2.75, 3.05) is 6.54 Å². The van der Waals surface area contributed by atoms with Crippen molar-refractivity contribution in [3.8, 4) is 0 Å². The number of hydrazone groups is 1. The van der Waals surface area contributed by atoms with E-state index in [9.17, 15) is 8.78 Å². The molecule has 5 nitrogen and oxygen atoms in total. The zero-order valence-electron chi connectivity index (χ0n) is 12.6. The lowest BCUT2D eigenvalue weighted by Gasteiger charge is -2.30. The van der Waals surface area contributed by atoms with Crippen molar-refractivity contribution < 1.29 is 17.6 Å². The second kappa shape index (κ2) is 6.96. The molecule has 10 heteroatoms. The van der Waals surface area contributed by atoms with E-state index in [-0.39, 0.29) is 12.1 Å². The summed E-state index contributed by atoms with van der Waals surface area (Å²) in [6.45, 7) is -0.330. The summed E-state index contributed by atoms with van der Waals surface area (Å²) in [5, 5.41) is 4.87. The Bertz CT molecular complexity index is 784. The first-order valence-electron chi connectivity index (χ1n) is 7.13. The molecule has 0 aliphatic carbocycles. The van der Waals surface area contributed by atoms with Gasteiger partial charge in [-0.05, 0) is 39.7 Å². The molecular weight excluding hydrogens is 406 g/mol. The average molecular weight is 418 g/mol. The quantitative estimate of drug-likeness (QED) is 0.733. The number of nitrogens with one attached hydrogen (secondary N) is 2. The van der Waals surface area contributed by atoms with Crippen molar-refractivity contribution in [3.63, 3.8) is 0 Å². The molecule has 0 radical (unpaired) electrons. The second-order valence-corrected chi connectivity index (χ2v) is 6.24. The number of benzene rings is 1. The fourth-order valence-corrected chi connectivity index (χ4v) is 2.69. The van der Waals surface area contributed by atoms with Crippen LogP contribution in [0.15, 0.2) is 46.1 Å². The minimum absolute atomic E-state index is 0.321. The van der Waals surface area contributed by atoms with Crippen LogP contribution in [0.4, 0.5) is 17.6 Å². The van der Waals surface area contributed by atoms with Gasteiger partial charge in [0.15, 0.2) is 0 Å². The monoisotopic (exact) mass is 417 g/mol. The summed E-state index contributed by atoms with van der Waals surface area (Å²) in [5.41, 5.74) is 4.06. The van der Waals surface area contributed by atoms with E-state index in [1.807, 2.05) is 0 Å². The van der Waals surface area contributed by atoms with Crippen molar-refractivity contribution in [1.29, 1.82) is 0 Å². The van der Waals surface area contributed by atoms with E-state index in [4.69, 9.17) is 0 Å². The Morgan fingerprint density at radius 2 is 2.00 bits per heavy atom. The van der Waals surface area contributed by atoms with E-state index in [1.165, 1.54) is 23.6 Å². The summed E-state index contributed by atoms with van der Waals surface area (Å²) in [6.07, 6.45) is 2.48. The number of hydrazine groups is 2.